The highest BCUT2D eigenvalue weighted by Crippen LogP contribution is 2.33. The van der Waals surface area contributed by atoms with Crippen LogP contribution in [0.15, 0.2) is 34.5 Å². The number of hydrogen-bond acceptors (Lipinski definition) is 10. The molecular formula is C17H21N9S. The molecule has 2 rings (SSSR count). The fraction of sp³-hybridized carbons (Fsp3) is 0.235. The Kier molecular flexibility index (Phi) is 7.39. The molecule has 0 unspecified atom stereocenters. The lowest BCUT2D eigenvalue weighted by molar-refractivity contribution is 0.919. The van der Waals surface area contributed by atoms with Gasteiger partial charge in [0.15, 0.2) is 11.6 Å². The molecule has 7 N–H and O–H groups in total. The second kappa shape index (κ2) is 9.98. The van der Waals surface area contributed by atoms with Crippen LogP contribution in [0.1, 0.15) is 12.6 Å². The van der Waals surface area contributed by atoms with Crippen LogP contribution in [-0.2, 0) is 0 Å². The number of nitrogen functional groups attached to an aromatic ring is 1. The van der Waals surface area contributed by atoms with Crippen LogP contribution in [0.3, 0.4) is 0 Å². The van der Waals surface area contributed by atoms with E-state index in [4.69, 9.17) is 21.8 Å². The summed E-state index contributed by atoms with van der Waals surface area (Å²) in [5.41, 5.74) is 7.30. The van der Waals surface area contributed by atoms with E-state index >= 15 is 0 Å². The van der Waals surface area contributed by atoms with Crippen molar-refractivity contribution >= 4 is 40.9 Å². The molecule has 0 radical (unpaired) electrons. The van der Waals surface area contributed by atoms with Crippen molar-refractivity contribution in [3.05, 3.63) is 40.2 Å². The fourth-order valence-electron chi connectivity index (χ4n) is 2.08. The van der Waals surface area contributed by atoms with Crippen LogP contribution < -0.4 is 21.7 Å². The topological polar surface area (TPSA) is 159 Å². The first-order chi connectivity index (χ1) is 13.1. The minimum atomic E-state index is 0.130. The Morgan fingerprint density at radius 1 is 1.44 bits per heavy atom. The molecule has 1 aromatic rings. The Morgan fingerprint density at radius 2 is 2.26 bits per heavy atom. The van der Waals surface area contributed by atoms with Gasteiger partial charge in [-0.1, -0.05) is 11.8 Å². The lowest BCUT2D eigenvalue weighted by Gasteiger charge is -2.10. The quantitative estimate of drug-likeness (QED) is 0.213. The monoisotopic (exact) mass is 383 g/mol. The zero-order valence-corrected chi connectivity index (χ0v) is 15.7. The smallest absolute Gasteiger partial charge is 0.169 e. The fourth-order valence-corrected chi connectivity index (χ4v) is 3.00. The number of nitriles is 1. The standard InChI is InChI=1S/C17H21N9S/c1-2-22-10-15-13(20)5-12(27-15)8-25-17-16(21)24-9-14(26-17)11(6-19)7-23-4-3-18/h5-7,9-10,19-20,22-23H,2,4,8H2,1H3,(H2,21,24)(H,25,26)/b11-7+,15-10+,19-6?,20-13?. The number of allylic oxidation sites excluding steroid dienone is 3. The van der Waals surface area contributed by atoms with Crippen molar-refractivity contribution in [3.8, 4) is 6.07 Å². The Balaban J connectivity index is 2.08. The third kappa shape index (κ3) is 5.58. The number of thioether (sulfide) groups is 1. The molecule has 0 saturated carbocycles. The highest BCUT2D eigenvalue weighted by molar-refractivity contribution is 8.08. The van der Waals surface area contributed by atoms with Crippen molar-refractivity contribution in [1.29, 1.82) is 16.1 Å². The molecule has 27 heavy (non-hydrogen) atoms. The lowest BCUT2D eigenvalue weighted by atomic mass is 10.2. The molecule has 0 aliphatic carbocycles. The summed E-state index contributed by atoms with van der Waals surface area (Å²) in [7, 11) is 0. The van der Waals surface area contributed by atoms with Crippen LogP contribution in [0.25, 0.3) is 5.57 Å². The second-order valence-corrected chi connectivity index (χ2v) is 6.49. The van der Waals surface area contributed by atoms with Gasteiger partial charge in [-0.3, -0.25) is 5.41 Å². The average Bonchev–Trinajstić information content (AvgIpc) is 3.03. The average molecular weight is 383 g/mol. The molecule has 0 spiro atoms. The summed E-state index contributed by atoms with van der Waals surface area (Å²) < 4.78 is 0. The third-order valence-electron chi connectivity index (χ3n) is 3.37. The van der Waals surface area contributed by atoms with E-state index in [2.05, 4.69) is 25.9 Å². The lowest BCUT2D eigenvalue weighted by Crippen LogP contribution is -2.11. The van der Waals surface area contributed by atoms with E-state index in [0.717, 1.165) is 22.6 Å². The number of anilines is 2. The number of rotatable bonds is 9. The SMILES string of the molecule is CCN/C=C1/SC(CNc2nc(/C(C=N)=C/NCC#N)cnc2N)=CC1=N. The van der Waals surface area contributed by atoms with Crippen molar-refractivity contribution in [3.63, 3.8) is 0 Å². The van der Waals surface area contributed by atoms with Crippen molar-refractivity contribution in [1.82, 2.24) is 20.6 Å². The maximum Gasteiger partial charge on any atom is 0.169 e. The van der Waals surface area contributed by atoms with Gasteiger partial charge in [0, 0.05) is 42.2 Å². The largest absolute Gasteiger partial charge is 0.390 e. The maximum atomic E-state index is 8.58. The normalized spacial score (nSPS) is 15.3. The van der Waals surface area contributed by atoms with E-state index in [1.54, 1.807) is 6.08 Å². The molecule has 0 saturated heterocycles. The maximum absolute atomic E-state index is 8.58. The van der Waals surface area contributed by atoms with E-state index in [-0.39, 0.29) is 12.4 Å². The molecule has 0 aromatic carbocycles. The molecule has 0 bridgehead atoms. The van der Waals surface area contributed by atoms with E-state index in [1.807, 2.05) is 19.2 Å². The van der Waals surface area contributed by atoms with Crippen LogP contribution >= 0.6 is 11.8 Å². The van der Waals surface area contributed by atoms with E-state index in [1.165, 1.54) is 24.2 Å². The highest BCUT2D eigenvalue weighted by Gasteiger charge is 2.17. The van der Waals surface area contributed by atoms with Crippen LogP contribution in [-0.4, -0.2) is 41.5 Å². The zero-order chi connectivity index (χ0) is 19.6. The van der Waals surface area contributed by atoms with Gasteiger partial charge in [-0.15, -0.1) is 0 Å². The van der Waals surface area contributed by atoms with Crippen LogP contribution in [0.5, 0.6) is 0 Å². The van der Waals surface area contributed by atoms with Crippen LogP contribution in [0.4, 0.5) is 11.6 Å². The molecule has 9 nitrogen and oxygen atoms in total. The number of nitrogens with zero attached hydrogens (tertiary/aromatic N) is 3. The van der Waals surface area contributed by atoms with Gasteiger partial charge in [-0.2, -0.15) is 5.26 Å². The van der Waals surface area contributed by atoms with Crippen molar-refractivity contribution in [2.45, 2.75) is 6.92 Å². The van der Waals surface area contributed by atoms with Crippen molar-refractivity contribution in [2.24, 2.45) is 0 Å². The Morgan fingerprint density at radius 3 is 2.96 bits per heavy atom. The Labute approximate surface area is 161 Å². The van der Waals surface area contributed by atoms with Gasteiger partial charge < -0.3 is 27.1 Å². The molecule has 1 aromatic heterocycles. The summed E-state index contributed by atoms with van der Waals surface area (Å²) in [5.74, 6) is 0.646. The number of nitrogens with two attached hydrogens (primary N) is 1. The Bertz CT molecular complexity index is 848. The minimum Gasteiger partial charge on any atom is -0.390 e. The first kappa shape index (κ1) is 20.0. The second-order valence-electron chi connectivity index (χ2n) is 5.32. The molecule has 0 fully saturated rings. The summed E-state index contributed by atoms with van der Waals surface area (Å²) in [5, 5.41) is 33.1. The van der Waals surface area contributed by atoms with Gasteiger partial charge in [-0.25, -0.2) is 9.97 Å². The first-order valence-electron chi connectivity index (χ1n) is 8.17. The van der Waals surface area contributed by atoms with Gasteiger partial charge in [0.05, 0.1) is 28.6 Å². The molecular weight excluding hydrogens is 362 g/mol. The predicted molar refractivity (Wildman–Crippen MR) is 110 cm³/mol. The zero-order valence-electron chi connectivity index (χ0n) is 14.8. The summed E-state index contributed by atoms with van der Waals surface area (Å²) >= 11 is 1.51. The molecule has 1 aliphatic heterocycles. The van der Waals surface area contributed by atoms with Crippen molar-refractivity contribution in [2.75, 3.05) is 30.7 Å². The van der Waals surface area contributed by atoms with Gasteiger partial charge in [0.1, 0.15) is 6.54 Å². The number of nitrogens with one attached hydrogen (secondary N) is 5. The molecule has 2 heterocycles. The molecule has 0 atom stereocenters. The van der Waals surface area contributed by atoms with Crippen molar-refractivity contribution < 1.29 is 0 Å². The first-order valence-corrected chi connectivity index (χ1v) is 8.99. The third-order valence-corrected chi connectivity index (χ3v) is 4.45. The summed E-state index contributed by atoms with van der Waals surface area (Å²) in [6.45, 7) is 3.38. The highest BCUT2D eigenvalue weighted by atomic mass is 32.2. The van der Waals surface area contributed by atoms with E-state index < -0.39 is 0 Å². The molecule has 1 aliphatic rings. The van der Waals surface area contributed by atoms with E-state index in [9.17, 15) is 0 Å². The van der Waals surface area contributed by atoms with E-state index in [0.29, 0.717) is 29.3 Å². The van der Waals surface area contributed by atoms with Gasteiger partial charge in [0.2, 0.25) is 0 Å². The summed E-state index contributed by atoms with van der Waals surface area (Å²) in [6, 6.07) is 1.96. The van der Waals surface area contributed by atoms with Gasteiger partial charge >= 0.3 is 0 Å². The molecule has 0 amide bonds. The predicted octanol–water partition coefficient (Wildman–Crippen LogP) is 1.68. The minimum absolute atomic E-state index is 0.130. The van der Waals surface area contributed by atoms with Gasteiger partial charge in [-0.05, 0) is 13.0 Å². The Hall–Kier alpha value is -3.32. The molecule has 10 heteroatoms. The summed E-state index contributed by atoms with van der Waals surface area (Å²) in [6.07, 6.45) is 7.77. The van der Waals surface area contributed by atoms with Gasteiger partial charge in [0.25, 0.3) is 0 Å². The van der Waals surface area contributed by atoms with Crippen LogP contribution in [0, 0.1) is 22.1 Å². The number of aromatic nitrogens is 2. The summed E-state index contributed by atoms with van der Waals surface area (Å²) in [4.78, 5) is 10.4. The van der Waals surface area contributed by atoms with Crippen LogP contribution in [0.2, 0.25) is 0 Å². The number of hydrogen-bond donors (Lipinski definition) is 6. The molecule has 140 valence electrons.